The molecule has 0 aliphatic rings. The summed E-state index contributed by atoms with van der Waals surface area (Å²) < 4.78 is 1.45. The number of hydrogen-bond acceptors (Lipinski definition) is 5. The summed E-state index contributed by atoms with van der Waals surface area (Å²) in [6, 6.07) is 0. The predicted octanol–water partition coefficient (Wildman–Crippen LogP) is 3.34. The van der Waals surface area contributed by atoms with Crippen molar-refractivity contribution in [2.24, 2.45) is 0 Å². The lowest BCUT2D eigenvalue weighted by atomic mass is 10.3. The zero-order valence-electron chi connectivity index (χ0n) is 9.83. The van der Waals surface area contributed by atoms with E-state index in [1.165, 1.54) is 15.7 Å². The van der Waals surface area contributed by atoms with Crippen LogP contribution < -0.4 is 5.56 Å². The van der Waals surface area contributed by atoms with Crippen LogP contribution in [-0.2, 0) is 0 Å². The fourth-order valence-corrected chi connectivity index (χ4v) is 3.20. The highest BCUT2D eigenvalue weighted by atomic mass is 35.5. The molecule has 0 radical (unpaired) electrons. The SMILES string of the molecule is Cc1ncc(C=Cc2nc3sccn3c(=O)c2Cl)s1. The molecular weight excluding hydrogens is 302 g/mol. The smallest absolute Gasteiger partial charge is 0.267 e. The number of fused-ring (bicyclic) bond motifs is 1. The van der Waals surface area contributed by atoms with Crippen LogP contribution in [0, 0.1) is 6.92 Å². The average Bonchev–Trinajstić information content (AvgIpc) is 3.01. The summed E-state index contributed by atoms with van der Waals surface area (Å²) >= 11 is 9.02. The molecule has 0 aliphatic carbocycles. The van der Waals surface area contributed by atoms with Gasteiger partial charge in [-0.2, -0.15) is 0 Å². The highest BCUT2D eigenvalue weighted by Gasteiger charge is 2.09. The van der Waals surface area contributed by atoms with Crippen molar-refractivity contribution in [2.75, 3.05) is 0 Å². The molecule has 0 saturated carbocycles. The van der Waals surface area contributed by atoms with Crippen LogP contribution in [0.25, 0.3) is 17.1 Å². The number of rotatable bonds is 2. The van der Waals surface area contributed by atoms with E-state index in [0.717, 1.165) is 9.88 Å². The summed E-state index contributed by atoms with van der Waals surface area (Å²) in [6.07, 6.45) is 7.06. The van der Waals surface area contributed by atoms with Crippen LogP contribution in [0.5, 0.6) is 0 Å². The fourth-order valence-electron chi connectivity index (χ4n) is 1.60. The maximum atomic E-state index is 12.0. The molecule has 0 N–H and O–H groups in total. The van der Waals surface area contributed by atoms with Crippen molar-refractivity contribution in [1.82, 2.24) is 14.4 Å². The van der Waals surface area contributed by atoms with Crippen molar-refractivity contribution in [3.8, 4) is 0 Å². The van der Waals surface area contributed by atoms with Crippen molar-refractivity contribution < 1.29 is 0 Å². The molecule has 0 amide bonds. The molecule has 7 heteroatoms. The first-order valence-electron chi connectivity index (χ1n) is 5.41. The van der Waals surface area contributed by atoms with Gasteiger partial charge in [0.1, 0.15) is 5.02 Å². The highest BCUT2D eigenvalue weighted by Crippen LogP contribution is 2.18. The van der Waals surface area contributed by atoms with Gasteiger partial charge in [0.25, 0.3) is 5.56 Å². The average molecular weight is 310 g/mol. The van der Waals surface area contributed by atoms with Gasteiger partial charge in [-0.3, -0.25) is 9.20 Å². The summed E-state index contributed by atoms with van der Waals surface area (Å²) in [5.41, 5.74) is 0.244. The summed E-state index contributed by atoms with van der Waals surface area (Å²) in [5.74, 6) is 0. The number of thiazole rings is 2. The van der Waals surface area contributed by atoms with E-state index in [1.54, 1.807) is 35.2 Å². The number of aromatic nitrogens is 3. The lowest BCUT2D eigenvalue weighted by Gasteiger charge is -1.98. The van der Waals surface area contributed by atoms with Crippen molar-refractivity contribution in [3.05, 3.63) is 48.7 Å². The van der Waals surface area contributed by atoms with Crippen LogP contribution in [0.1, 0.15) is 15.6 Å². The van der Waals surface area contributed by atoms with Crippen LogP contribution in [0.3, 0.4) is 0 Å². The van der Waals surface area contributed by atoms with Gasteiger partial charge in [-0.15, -0.1) is 22.7 Å². The van der Waals surface area contributed by atoms with Crippen molar-refractivity contribution in [2.45, 2.75) is 6.92 Å². The second-order valence-electron chi connectivity index (χ2n) is 3.79. The number of hydrogen-bond donors (Lipinski definition) is 0. The molecule has 0 fully saturated rings. The first-order valence-corrected chi connectivity index (χ1v) is 7.48. The number of halogens is 1. The molecule has 0 aliphatic heterocycles. The lowest BCUT2D eigenvalue weighted by molar-refractivity contribution is 1.07. The zero-order valence-corrected chi connectivity index (χ0v) is 12.2. The fraction of sp³-hybridized carbons (Fsp3) is 0.0833. The van der Waals surface area contributed by atoms with Gasteiger partial charge < -0.3 is 0 Å². The monoisotopic (exact) mass is 309 g/mol. The molecule has 3 aromatic rings. The lowest BCUT2D eigenvalue weighted by Crippen LogP contribution is -2.14. The number of nitrogens with zero attached hydrogens (tertiary/aromatic N) is 3. The van der Waals surface area contributed by atoms with Gasteiger partial charge >= 0.3 is 0 Å². The second kappa shape index (κ2) is 4.88. The molecule has 3 rings (SSSR count). The minimum absolute atomic E-state index is 0.133. The van der Waals surface area contributed by atoms with E-state index in [-0.39, 0.29) is 10.6 Å². The van der Waals surface area contributed by atoms with Crippen LogP contribution in [0.15, 0.2) is 22.6 Å². The van der Waals surface area contributed by atoms with E-state index in [9.17, 15) is 4.79 Å². The molecule has 0 spiro atoms. The van der Waals surface area contributed by atoms with Gasteiger partial charge in [-0.1, -0.05) is 11.6 Å². The van der Waals surface area contributed by atoms with E-state index in [1.807, 2.05) is 13.0 Å². The van der Waals surface area contributed by atoms with E-state index in [2.05, 4.69) is 9.97 Å². The summed E-state index contributed by atoms with van der Waals surface area (Å²) in [7, 11) is 0. The molecule has 0 bridgehead atoms. The highest BCUT2D eigenvalue weighted by molar-refractivity contribution is 7.15. The molecule has 0 unspecified atom stereocenters. The Morgan fingerprint density at radius 3 is 3.00 bits per heavy atom. The van der Waals surface area contributed by atoms with E-state index < -0.39 is 0 Å². The van der Waals surface area contributed by atoms with Gasteiger partial charge in [0.15, 0.2) is 4.96 Å². The van der Waals surface area contributed by atoms with Crippen LogP contribution in [-0.4, -0.2) is 14.4 Å². The summed E-state index contributed by atoms with van der Waals surface area (Å²) in [4.78, 5) is 22.1. The first kappa shape index (κ1) is 12.5. The second-order valence-corrected chi connectivity index (χ2v) is 6.30. The van der Waals surface area contributed by atoms with Crippen molar-refractivity contribution >= 4 is 51.4 Å². The Balaban J connectivity index is 2.07. The van der Waals surface area contributed by atoms with Crippen LogP contribution in [0.2, 0.25) is 5.02 Å². The quantitative estimate of drug-likeness (QED) is 0.729. The minimum atomic E-state index is -0.243. The van der Waals surface area contributed by atoms with Gasteiger partial charge in [0.2, 0.25) is 0 Å². The van der Waals surface area contributed by atoms with Gasteiger partial charge in [-0.05, 0) is 19.1 Å². The molecule has 0 aromatic carbocycles. The number of aryl methyl sites for hydroxylation is 1. The third-order valence-electron chi connectivity index (χ3n) is 2.48. The molecule has 3 aromatic heterocycles. The van der Waals surface area contributed by atoms with E-state index >= 15 is 0 Å². The van der Waals surface area contributed by atoms with Gasteiger partial charge in [0.05, 0.1) is 10.7 Å². The van der Waals surface area contributed by atoms with Crippen molar-refractivity contribution in [3.63, 3.8) is 0 Å². The maximum Gasteiger partial charge on any atom is 0.277 e. The molecule has 0 saturated heterocycles. The summed E-state index contributed by atoms with van der Waals surface area (Å²) in [6.45, 7) is 1.94. The Labute approximate surface area is 121 Å². The Hall–Kier alpha value is -1.50. The standard InChI is InChI=1S/C12H8ClN3OS2/c1-7-14-6-8(19-7)2-3-9-10(13)11(17)16-4-5-18-12(16)15-9/h2-6H,1H3. The molecule has 19 heavy (non-hydrogen) atoms. The largest absolute Gasteiger partial charge is 0.277 e. The Bertz CT molecular complexity index is 831. The van der Waals surface area contributed by atoms with Crippen LogP contribution >= 0.6 is 34.3 Å². The van der Waals surface area contributed by atoms with E-state index in [0.29, 0.717) is 10.7 Å². The molecular formula is C12H8ClN3OS2. The normalized spacial score (nSPS) is 11.7. The Morgan fingerprint density at radius 1 is 1.42 bits per heavy atom. The van der Waals surface area contributed by atoms with E-state index in [4.69, 9.17) is 11.6 Å². The molecule has 96 valence electrons. The third kappa shape index (κ3) is 2.34. The zero-order chi connectivity index (χ0) is 13.4. The molecule has 4 nitrogen and oxygen atoms in total. The van der Waals surface area contributed by atoms with Gasteiger partial charge in [0, 0.05) is 22.7 Å². The predicted molar refractivity (Wildman–Crippen MR) is 80.1 cm³/mol. The van der Waals surface area contributed by atoms with Crippen LogP contribution in [0.4, 0.5) is 0 Å². The third-order valence-corrected chi connectivity index (χ3v) is 4.47. The Kier molecular flexibility index (Phi) is 3.22. The minimum Gasteiger partial charge on any atom is -0.267 e. The first-order chi connectivity index (χ1) is 9.15. The topological polar surface area (TPSA) is 47.3 Å². The maximum absolute atomic E-state index is 12.0. The van der Waals surface area contributed by atoms with Gasteiger partial charge in [-0.25, -0.2) is 9.97 Å². The Morgan fingerprint density at radius 2 is 2.26 bits per heavy atom. The molecule has 3 heterocycles. The van der Waals surface area contributed by atoms with Crippen molar-refractivity contribution in [1.29, 1.82) is 0 Å². The summed E-state index contributed by atoms with van der Waals surface area (Å²) in [5, 5.41) is 2.93. The molecule has 0 atom stereocenters.